The molecule has 7 aromatic rings. The van der Waals surface area contributed by atoms with E-state index < -0.39 is 0 Å². The van der Waals surface area contributed by atoms with E-state index in [0.29, 0.717) is 0 Å². The van der Waals surface area contributed by atoms with Gasteiger partial charge in [0.25, 0.3) is 6.71 Å². The van der Waals surface area contributed by atoms with Gasteiger partial charge in [0.05, 0.1) is 17.0 Å². The Morgan fingerprint density at radius 1 is 0.457 bits per heavy atom. The van der Waals surface area contributed by atoms with Crippen LogP contribution in [0.15, 0.2) is 114 Å². The summed E-state index contributed by atoms with van der Waals surface area (Å²) in [5.41, 5.74) is 24.2. The van der Waals surface area contributed by atoms with Crippen molar-refractivity contribution in [2.24, 2.45) is 0 Å². The Labute approximate surface area is 421 Å². The molecule has 0 N–H and O–H groups in total. The molecule has 0 bridgehead atoms. The molecule has 4 aliphatic rings. The van der Waals surface area contributed by atoms with Gasteiger partial charge in [-0.25, -0.2) is 0 Å². The number of hydrogen-bond acceptors (Lipinski definition) is 3. The fourth-order valence-electron chi connectivity index (χ4n) is 12.7. The molecule has 11 rings (SSSR count). The average Bonchev–Trinajstić information content (AvgIpc) is 3.67. The van der Waals surface area contributed by atoms with Crippen molar-refractivity contribution >= 4 is 68.4 Å². The highest BCUT2D eigenvalue weighted by molar-refractivity contribution is 7.00. The minimum Gasteiger partial charge on any atom is -0.468 e. The van der Waals surface area contributed by atoms with E-state index in [1.54, 1.807) is 0 Å². The number of benzene rings is 6. The van der Waals surface area contributed by atoms with E-state index in [-0.39, 0.29) is 44.6 Å². The van der Waals surface area contributed by atoms with Crippen molar-refractivity contribution in [1.82, 2.24) is 0 Å². The van der Waals surface area contributed by atoms with E-state index in [4.69, 9.17) is 4.42 Å². The Balaban J connectivity index is 1.32. The van der Waals surface area contributed by atoms with Crippen molar-refractivity contribution < 1.29 is 4.42 Å². The highest BCUT2D eigenvalue weighted by Gasteiger charge is 2.50. The first-order chi connectivity index (χ1) is 32.6. The van der Waals surface area contributed by atoms with E-state index >= 15 is 0 Å². The summed E-state index contributed by atoms with van der Waals surface area (Å²) >= 11 is 0. The molecule has 3 nitrogen and oxygen atoms in total. The first-order valence-corrected chi connectivity index (χ1v) is 26.5. The van der Waals surface area contributed by atoms with Crippen LogP contribution in [-0.4, -0.2) is 6.71 Å². The third-order valence-electron chi connectivity index (χ3n) is 17.6. The molecule has 0 saturated heterocycles. The van der Waals surface area contributed by atoms with Crippen molar-refractivity contribution in [3.05, 3.63) is 148 Å². The zero-order valence-electron chi connectivity index (χ0n) is 45.6. The van der Waals surface area contributed by atoms with Gasteiger partial charge in [0, 0.05) is 33.7 Å². The highest BCUT2D eigenvalue weighted by atomic mass is 16.3. The Morgan fingerprint density at radius 2 is 0.986 bits per heavy atom. The second kappa shape index (κ2) is 15.0. The quantitative estimate of drug-likeness (QED) is 0.165. The smallest absolute Gasteiger partial charge is 0.297 e. The number of fused-ring (bicyclic) bond motifs is 8. The van der Waals surface area contributed by atoms with Gasteiger partial charge in [-0.1, -0.05) is 172 Å². The van der Waals surface area contributed by atoms with Gasteiger partial charge < -0.3 is 14.2 Å². The normalized spacial score (nSPS) is 18.5. The van der Waals surface area contributed by atoms with Gasteiger partial charge in [-0.2, -0.15) is 0 Å². The molecule has 6 aromatic carbocycles. The van der Waals surface area contributed by atoms with Crippen LogP contribution in [0.1, 0.15) is 182 Å². The molecular weight excluding hydrogens is 848 g/mol. The molecule has 360 valence electrons. The van der Waals surface area contributed by atoms with Crippen molar-refractivity contribution in [2.45, 2.75) is 181 Å². The lowest BCUT2D eigenvalue weighted by Gasteiger charge is -2.47. The number of hydrogen-bond donors (Lipinski definition) is 0. The number of rotatable bonds is 3. The van der Waals surface area contributed by atoms with Crippen LogP contribution < -0.4 is 26.4 Å². The van der Waals surface area contributed by atoms with Crippen LogP contribution in [-0.2, 0) is 37.9 Å². The largest absolute Gasteiger partial charge is 0.468 e. The minimum absolute atomic E-state index is 0.0176. The molecule has 0 spiro atoms. The summed E-state index contributed by atoms with van der Waals surface area (Å²) in [6.07, 6.45) is 4.66. The maximum atomic E-state index is 7.58. The molecule has 1 aromatic heterocycles. The van der Waals surface area contributed by atoms with Crippen LogP contribution in [0.5, 0.6) is 0 Å². The van der Waals surface area contributed by atoms with Crippen LogP contribution in [0.3, 0.4) is 0 Å². The molecule has 3 heterocycles. The third kappa shape index (κ3) is 7.18. The summed E-state index contributed by atoms with van der Waals surface area (Å²) in [5.74, 6) is 0. The lowest BCUT2D eigenvalue weighted by molar-refractivity contribution is 0.332. The van der Waals surface area contributed by atoms with E-state index in [1.165, 1.54) is 102 Å². The van der Waals surface area contributed by atoms with E-state index in [2.05, 4.69) is 237 Å². The Morgan fingerprint density at radius 3 is 1.59 bits per heavy atom. The Hall–Kier alpha value is -5.48. The predicted octanol–water partition coefficient (Wildman–Crippen LogP) is 16.8. The van der Waals surface area contributed by atoms with Gasteiger partial charge in [-0.05, 0) is 174 Å². The molecule has 0 atom stereocenters. The summed E-state index contributed by atoms with van der Waals surface area (Å²) in [6.45, 7) is 40.7. The van der Waals surface area contributed by atoms with Crippen molar-refractivity contribution in [2.75, 3.05) is 9.80 Å². The summed E-state index contributed by atoms with van der Waals surface area (Å²) in [5, 5.41) is 1.16. The molecule has 2 aliphatic carbocycles. The first-order valence-electron chi connectivity index (χ1n) is 26.5. The van der Waals surface area contributed by atoms with Crippen LogP contribution in [0, 0.1) is 0 Å². The summed E-state index contributed by atoms with van der Waals surface area (Å²) in [4.78, 5) is 5.33. The van der Waals surface area contributed by atoms with Crippen LogP contribution in [0.2, 0.25) is 0 Å². The van der Waals surface area contributed by atoms with Gasteiger partial charge in [-0.3, -0.25) is 0 Å². The van der Waals surface area contributed by atoms with Gasteiger partial charge in [0.1, 0.15) is 5.58 Å². The average molecular weight is 925 g/mol. The second-order valence-electron chi connectivity index (χ2n) is 27.6. The summed E-state index contributed by atoms with van der Waals surface area (Å²) in [7, 11) is 0. The maximum Gasteiger partial charge on any atom is 0.297 e. The highest BCUT2D eigenvalue weighted by Crippen LogP contribution is 2.55. The fourth-order valence-corrected chi connectivity index (χ4v) is 12.7. The van der Waals surface area contributed by atoms with Crippen LogP contribution >= 0.6 is 0 Å². The molecule has 0 saturated carbocycles. The lowest BCUT2D eigenvalue weighted by atomic mass is 9.35. The van der Waals surface area contributed by atoms with Crippen LogP contribution in [0.25, 0.3) is 22.1 Å². The third-order valence-corrected chi connectivity index (χ3v) is 17.6. The monoisotopic (exact) mass is 925 g/mol. The maximum absolute atomic E-state index is 7.58. The van der Waals surface area contributed by atoms with E-state index in [1.807, 2.05) is 0 Å². The van der Waals surface area contributed by atoms with Crippen molar-refractivity contribution in [3.8, 4) is 11.1 Å². The number of furan rings is 1. The summed E-state index contributed by atoms with van der Waals surface area (Å²) in [6, 6.07) is 43.3. The molecule has 0 amide bonds. The first kappa shape index (κ1) is 46.9. The Kier molecular flexibility index (Phi) is 10.1. The molecule has 0 unspecified atom stereocenters. The lowest BCUT2D eigenvalue weighted by Crippen LogP contribution is -2.61. The molecule has 0 radical (unpaired) electrons. The van der Waals surface area contributed by atoms with Gasteiger partial charge in [0.2, 0.25) is 0 Å². The number of anilines is 6. The zero-order chi connectivity index (χ0) is 50.0. The topological polar surface area (TPSA) is 19.6 Å². The minimum atomic E-state index is -0.154. The molecule has 4 heteroatoms. The van der Waals surface area contributed by atoms with E-state index in [9.17, 15) is 0 Å². The van der Waals surface area contributed by atoms with Gasteiger partial charge in [0.15, 0.2) is 0 Å². The predicted molar refractivity (Wildman–Crippen MR) is 302 cm³/mol. The van der Waals surface area contributed by atoms with Gasteiger partial charge >= 0.3 is 0 Å². The molecular formula is C66H77BN2O. The fraction of sp³-hybridized carbons (Fsp3) is 0.424. The Bertz CT molecular complexity index is 3280. The van der Waals surface area contributed by atoms with E-state index in [0.717, 1.165) is 35.2 Å². The SMILES string of the molecule is CC(C)(C)c1ccc(N2c3cc(C(C)(C)C)cc4c3B(c3cc5c(cc3N4c3ccc4c(c3)C(C)(C)CCC4(C)C)C(C)(C)CCC5(C)C)c3oc4ccc(C(C)(C)C)cc4c32)c(-c2ccccc2)c1. The van der Waals surface area contributed by atoms with Crippen LogP contribution in [0.4, 0.5) is 34.1 Å². The molecule has 0 fully saturated rings. The zero-order valence-corrected chi connectivity index (χ0v) is 45.6. The van der Waals surface area contributed by atoms with Crippen molar-refractivity contribution in [1.29, 1.82) is 0 Å². The van der Waals surface area contributed by atoms with Gasteiger partial charge in [-0.15, -0.1) is 0 Å². The molecule has 70 heavy (non-hydrogen) atoms. The summed E-state index contributed by atoms with van der Waals surface area (Å²) < 4.78 is 7.58. The standard InChI is InChI=1S/C66H77BN2O/c1-60(2,3)41-23-27-52(45(33-41)40-21-19-18-20-22-40)69-55-36-43(62(7,8)9)35-54-57(55)67(59-58(69)46-34-42(61(4,5)6)24-28-56(46)70-59)51-38-49-50(66(16,17)32-31-65(49,14)15)39-53(51)68(54)44-25-26-47-48(37-44)64(12,13)30-29-63(47,10)11/h18-28,33-39H,29-32H2,1-17H3. The number of nitrogens with zero attached hydrogens (tertiary/aromatic N) is 2. The molecule has 2 aliphatic heterocycles. The van der Waals surface area contributed by atoms with Crippen molar-refractivity contribution in [3.63, 3.8) is 0 Å². The second-order valence-corrected chi connectivity index (χ2v) is 27.6.